The van der Waals surface area contributed by atoms with Gasteiger partial charge in [0.1, 0.15) is 5.01 Å². The van der Waals surface area contributed by atoms with Gasteiger partial charge in [0.15, 0.2) is 5.69 Å². The molecule has 1 fully saturated rings. The van der Waals surface area contributed by atoms with Gasteiger partial charge in [-0.15, -0.1) is 11.3 Å². The molecule has 1 aromatic rings. The van der Waals surface area contributed by atoms with Crippen molar-refractivity contribution in [3.63, 3.8) is 0 Å². The van der Waals surface area contributed by atoms with Crippen molar-refractivity contribution in [3.8, 4) is 0 Å². The molecule has 20 heavy (non-hydrogen) atoms. The van der Waals surface area contributed by atoms with Gasteiger partial charge < -0.3 is 15.3 Å². The molecule has 2 N–H and O–H groups in total. The van der Waals surface area contributed by atoms with E-state index in [2.05, 4.69) is 17.2 Å². The number of carbonyl (C=O) groups is 2. The molecule has 1 aliphatic heterocycles. The van der Waals surface area contributed by atoms with Crippen LogP contribution in [0.5, 0.6) is 0 Å². The van der Waals surface area contributed by atoms with Crippen LogP contribution in [0.4, 0.5) is 4.79 Å². The van der Waals surface area contributed by atoms with Gasteiger partial charge in [-0.3, -0.25) is 0 Å². The Kier molecular flexibility index (Phi) is 4.94. The number of hydrogen-bond acceptors (Lipinski definition) is 4. The van der Waals surface area contributed by atoms with Crippen LogP contribution in [0.25, 0.3) is 0 Å². The number of rotatable bonds is 5. The highest BCUT2D eigenvalue weighted by molar-refractivity contribution is 7.09. The summed E-state index contributed by atoms with van der Waals surface area (Å²) >= 11 is 1.25. The van der Waals surface area contributed by atoms with E-state index in [4.69, 9.17) is 5.11 Å². The molecule has 0 radical (unpaired) electrons. The quantitative estimate of drug-likeness (QED) is 0.872. The van der Waals surface area contributed by atoms with E-state index in [-0.39, 0.29) is 18.3 Å². The Morgan fingerprint density at radius 2 is 2.40 bits per heavy atom. The van der Waals surface area contributed by atoms with E-state index in [0.29, 0.717) is 10.9 Å². The van der Waals surface area contributed by atoms with E-state index in [0.717, 1.165) is 32.4 Å². The summed E-state index contributed by atoms with van der Waals surface area (Å²) < 4.78 is 0. The Morgan fingerprint density at radius 1 is 1.60 bits per heavy atom. The number of amides is 2. The summed E-state index contributed by atoms with van der Waals surface area (Å²) in [6.07, 6.45) is 3.39. The first kappa shape index (κ1) is 14.8. The first-order valence-electron chi connectivity index (χ1n) is 6.80. The fourth-order valence-corrected chi connectivity index (χ4v) is 3.12. The zero-order valence-electron chi connectivity index (χ0n) is 11.5. The van der Waals surface area contributed by atoms with Gasteiger partial charge in [0.2, 0.25) is 0 Å². The lowest BCUT2D eigenvalue weighted by Gasteiger charge is -2.16. The summed E-state index contributed by atoms with van der Waals surface area (Å²) in [5, 5.41) is 13.7. The standard InChI is InChI=1S/C13H19N3O3S/c1-2-3-9-4-5-16(7-9)13(19)14-6-11-15-10(8-20-11)12(17)18/h8-9H,2-7H2,1H3,(H,14,19)(H,17,18). The first-order chi connectivity index (χ1) is 9.60. The predicted octanol–water partition coefficient (Wildman–Crippen LogP) is 2.17. The van der Waals surface area contributed by atoms with Crippen molar-refractivity contribution in [1.29, 1.82) is 0 Å². The molecule has 1 unspecified atom stereocenters. The van der Waals surface area contributed by atoms with Crippen LogP contribution in [0, 0.1) is 5.92 Å². The number of aromatic carboxylic acids is 1. The van der Waals surface area contributed by atoms with Crippen LogP contribution in [0.3, 0.4) is 0 Å². The van der Waals surface area contributed by atoms with Crippen LogP contribution in [-0.2, 0) is 6.54 Å². The van der Waals surface area contributed by atoms with Gasteiger partial charge in [-0.05, 0) is 18.8 Å². The average Bonchev–Trinajstić information content (AvgIpc) is 3.05. The maximum Gasteiger partial charge on any atom is 0.355 e. The third-order valence-electron chi connectivity index (χ3n) is 3.43. The predicted molar refractivity (Wildman–Crippen MR) is 75.9 cm³/mol. The van der Waals surface area contributed by atoms with Gasteiger partial charge in [0.25, 0.3) is 0 Å². The SMILES string of the molecule is CCCC1CCN(C(=O)NCc2nc(C(=O)O)cs2)C1. The molecule has 2 rings (SSSR count). The van der Waals surface area contributed by atoms with Crippen molar-refractivity contribution in [2.75, 3.05) is 13.1 Å². The molecule has 1 atom stereocenters. The number of likely N-dealkylation sites (tertiary alicyclic amines) is 1. The molecule has 0 bridgehead atoms. The maximum atomic E-state index is 12.0. The zero-order valence-corrected chi connectivity index (χ0v) is 12.3. The van der Waals surface area contributed by atoms with Gasteiger partial charge in [-0.25, -0.2) is 14.6 Å². The number of urea groups is 1. The Hall–Kier alpha value is -1.63. The minimum atomic E-state index is -1.04. The minimum absolute atomic E-state index is 0.0310. The molecule has 0 aromatic carbocycles. The molecule has 110 valence electrons. The summed E-state index contributed by atoms with van der Waals surface area (Å²) in [5.41, 5.74) is 0.0310. The van der Waals surface area contributed by atoms with E-state index in [1.807, 2.05) is 4.90 Å². The molecule has 7 heteroatoms. The molecule has 1 saturated heterocycles. The fourth-order valence-electron chi connectivity index (χ4n) is 2.41. The molecule has 0 spiro atoms. The molecule has 0 saturated carbocycles. The topological polar surface area (TPSA) is 82.5 Å². The van der Waals surface area contributed by atoms with E-state index >= 15 is 0 Å². The second kappa shape index (κ2) is 6.69. The third-order valence-corrected chi connectivity index (χ3v) is 4.28. The second-order valence-corrected chi connectivity index (χ2v) is 5.92. The highest BCUT2D eigenvalue weighted by Gasteiger charge is 2.25. The summed E-state index contributed by atoms with van der Waals surface area (Å²) in [7, 11) is 0. The highest BCUT2D eigenvalue weighted by Crippen LogP contribution is 2.20. The molecule has 6 nitrogen and oxygen atoms in total. The Morgan fingerprint density at radius 3 is 3.05 bits per heavy atom. The van der Waals surface area contributed by atoms with Crippen molar-refractivity contribution < 1.29 is 14.7 Å². The number of carboxylic acids is 1. The van der Waals surface area contributed by atoms with Gasteiger partial charge in [0, 0.05) is 18.5 Å². The number of nitrogens with zero attached hydrogens (tertiary/aromatic N) is 2. The summed E-state index contributed by atoms with van der Waals surface area (Å²) in [6.45, 7) is 4.06. The van der Waals surface area contributed by atoms with Crippen LogP contribution < -0.4 is 5.32 Å². The van der Waals surface area contributed by atoms with E-state index < -0.39 is 5.97 Å². The first-order valence-corrected chi connectivity index (χ1v) is 7.68. The normalized spacial score (nSPS) is 18.2. The number of aromatic nitrogens is 1. The highest BCUT2D eigenvalue weighted by atomic mass is 32.1. The second-order valence-electron chi connectivity index (χ2n) is 4.98. The Labute approximate surface area is 121 Å². The molecule has 2 heterocycles. The smallest absolute Gasteiger partial charge is 0.355 e. The number of hydrogen-bond donors (Lipinski definition) is 2. The molecule has 2 amide bonds. The number of carboxylic acid groups (broad SMARTS) is 1. The summed E-state index contributed by atoms with van der Waals surface area (Å²) in [6, 6.07) is -0.0873. The van der Waals surface area contributed by atoms with Crippen LogP contribution in [0.15, 0.2) is 5.38 Å². The molecule has 1 aromatic heterocycles. The molecular weight excluding hydrogens is 278 g/mol. The average molecular weight is 297 g/mol. The van der Waals surface area contributed by atoms with Crippen molar-refractivity contribution in [2.45, 2.75) is 32.7 Å². The van der Waals surface area contributed by atoms with Crippen LogP contribution >= 0.6 is 11.3 Å². The lowest BCUT2D eigenvalue weighted by molar-refractivity contribution is 0.0691. The molecule has 1 aliphatic rings. The Balaban J connectivity index is 1.79. The lowest BCUT2D eigenvalue weighted by atomic mass is 10.0. The van der Waals surface area contributed by atoms with Crippen molar-refractivity contribution in [2.24, 2.45) is 5.92 Å². The largest absolute Gasteiger partial charge is 0.476 e. The van der Waals surface area contributed by atoms with Gasteiger partial charge in [-0.1, -0.05) is 13.3 Å². The van der Waals surface area contributed by atoms with Gasteiger partial charge in [-0.2, -0.15) is 0 Å². The van der Waals surface area contributed by atoms with E-state index in [9.17, 15) is 9.59 Å². The third kappa shape index (κ3) is 3.69. The maximum absolute atomic E-state index is 12.0. The number of carbonyl (C=O) groups excluding carboxylic acids is 1. The van der Waals surface area contributed by atoms with Gasteiger partial charge >= 0.3 is 12.0 Å². The van der Waals surface area contributed by atoms with E-state index in [1.165, 1.54) is 16.7 Å². The van der Waals surface area contributed by atoms with Crippen molar-refractivity contribution in [3.05, 3.63) is 16.1 Å². The zero-order chi connectivity index (χ0) is 14.5. The Bertz CT molecular complexity index is 489. The fraction of sp³-hybridized carbons (Fsp3) is 0.615. The van der Waals surface area contributed by atoms with Crippen LogP contribution in [0.2, 0.25) is 0 Å². The van der Waals surface area contributed by atoms with Crippen molar-refractivity contribution >= 4 is 23.3 Å². The summed E-state index contributed by atoms with van der Waals surface area (Å²) in [5.74, 6) is -0.426. The minimum Gasteiger partial charge on any atom is -0.476 e. The monoisotopic (exact) mass is 297 g/mol. The molecular formula is C13H19N3O3S. The lowest BCUT2D eigenvalue weighted by Crippen LogP contribution is -2.38. The van der Waals surface area contributed by atoms with E-state index in [1.54, 1.807) is 0 Å². The van der Waals surface area contributed by atoms with Gasteiger partial charge in [0.05, 0.1) is 6.54 Å². The molecule has 0 aliphatic carbocycles. The number of nitrogens with one attached hydrogen (secondary N) is 1. The van der Waals surface area contributed by atoms with Crippen LogP contribution in [-0.4, -0.2) is 40.1 Å². The van der Waals surface area contributed by atoms with Crippen molar-refractivity contribution in [1.82, 2.24) is 15.2 Å². The number of thiazole rings is 1. The summed E-state index contributed by atoms with van der Waals surface area (Å²) in [4.78, 5) is 28.5. The van der Waals surface area contributed by atoms with Crippen LogP contribution in [0.1, 0.15) is 41.7 Å².